The van der Waals surface area contributed by atoms with Gasteiger partial charge in [0.25, 0.3) is 0 Å². The van der Waals surface area contributed by atoms with Gasteiger partial charge in [-0.3, -0.25) is 0 Å². The number of halogens is 1. The van der Waals surface area contributed by atoms with Gasteiger partial charge in [-0.25, -0.2) is 4.39 Å². The van der Waals surface area contributed by atoms with Crippen LogP contribution in [0.15, 0.2) is 28.7 Å². The van der Waals surface area contributed by atoms with Crippen LogP contribution in [-0.4, -0.2) is 16.7 Å². The van der Waals surface area contributed by atoms with Gasteiger partial charge in [0.05, 0.1) is 12.5 Å². The van der Waals surface area contributed by atoms with Gasteiger partial charge in [0.15, 0.2) is 0 Å². The van der Waals surface area contributed by atoms with E-state index in [1.54, 1.807) is 12.1 Å². The molecule has 0 fully saturated rings. The van der Waals surface area contributed by atoms with E-state index in [9.17, 15) is 4.39 Å². The maximum Gasteiger partial charge on any atom is 0.233 e. The normalized spacial score (nSPS) is 12.6. The van der Waals surface area contributed by atoms with Crippen molar-refractivity contribution >= 4 is 0 Å². The first-order valence-electron chi connectivity index (χ1n) is 7.03. The summed E-state index contributed by atoms with van der Waals surface area (Å²) in [5.74, 6) is 0.941. The van der Waals surface area contributed by atoms with Crippen molar-refractivity contribution in [3.63, 3.8) is 0 Å². The SMILES string of the molecule is CCCNC(CC)c1nnc(Cc2ccc(F)cc2)o1. The molecule has 0 aliphatic rings. The Morgan fingerprint density at radius 2 is 1.95 bits per heavy atom. The van der Waals surface area contributed by atoms with Crippen molar-refractivity contribution < 1.29 is 8.81 Å². The molecule has 0 bridgehead atoms. The molecule has 0 amide bonds. The van der Waals surface area contributed by atoms with Gasteiger partial charge in [0, 0.05) is 0 Å². The van der Waals surface area contributed by atoms with E-state index in [-0.39, 0.29) is 11.9 Å². The molecule has 1 unspecified atom stereocenters. The van der Waals surface area contributed by atoms with Crippen molar-refractivity contribution in [2.24, 2.45) is 0 Å². The maximum atomic E-state index is 12.8. The van der Waals surface area contributed by atoms with E-state index < -0.39 is 0 Å². The van der Waals surface area contributed by atoms with Gasteiger partial charge in [-0.05, 0) is 37.1 Å². The Labute approximate surface area is 118 Å². The van der Waals surface area contributed by atoms with Crippen molar-refractivity contribution in [3.8, 4) is 0 Å². The molecular formula is C15H20FN3O. The second-order valence-electron chi connectivity index (χ2n) is 4.75. The lowest BCUT2D eigenvalue weighted by Crippen LogP contribution is -2.21. The summed E-state index contributed by atoms with van der Waals surface area (Å²) < 4.78 is 18.5. The summed E-state index contributed by atoms with van der Waals surface area (Å²) >= 11 is 0. The minimum Gasteiger partial charge on any atom is -0.423 e. The first-order valence-corrected chi connectivity index (χ1v) is 7.03. The zero-order valence-corrected chi connectivity index (χ0v) is 11.9. The molecule has 2 aromatic rings. The van der Waals surface area contributed by atoms with E-state index >= 15 is 0 Å². The summed E-state index contributed by atoms with van der Waals surface area (Å²) in [4.78, 5) is 0. The Bertz CT molecular complexity index is 524. The monoisotopic (exact) mass is 277 g/mol. The highest BCUT2D eigenvalue weighted by Crippen LogP contribution is 2.17. The van der Waals surface area contributed by atoms with E-state index in [0.29, 0.717) is 18.2 Å². The van der Waals surface area contributed by atoms with Crippen molar-refractivity contribution in [1.29, 1.82) is 0 Å². The maximum absolute atomic E-state index is 12.8. The van der Waals surface area contributed by atoms with Crippen molar-refractivity contribution in [3.05, 3.63) is 47.4 Å². The molecule has 1 heterocycles. The molecule has 0 saturated heterocycles. The van der Waals surface area contributed by atoms with Gasteiger partial charge in [0.1, 0.15) is 5.82 Å². The second kappa shape index (κ2) is 7.14. The zero-order valence-electron chi connectivity index (χ0n) is 11.9. The molecule has 4 nitrogen and oxygen atoms in total. The highest BCUT2D eigenvalue weighted by atomic mass is 19.1. The minimum atomic E-state index is -0.241. The molecule has 1 aromatic heterocycles. The van der Waals surface area contributed by atoms with E-state index in [0.717, 1.165) is 24.9 Å². The molecule has 0 saturated carbocycles. The highest BCUT2D eigenvalue weighted by molar-refractivity contribution is 5.18. The third kappa shape index (κ3) is 3.87. The van der Waals surface area contributed by atoms with Crippen LogP contribution in [0.1, 0.15) is 50.1 Å². The van der Waals surface area contributed by atoms with Gasteiger partial charge in [-0.15, -0.1) is 10.2 Å². The first-order chi connectivity index (χ1) is 9.72. The summed E-state index contributed by atoms with van der Waals surface area (Å²) in [7, 11) is 0. The standard InChI is InChI=1S/C15H20FN3O/c1-3-9-17-13(4-2)15-19-18-14(20-15)10-11-5-7-12(16)8-6-11/h5-8,13,17H,3-4,9-10H2,1-2H3. The Hall–Kier alpha value is -1.75. The lowest BCUT2D eigenvalue weighted by atomic mass is 10.1. The van der Waals surface area contributed by atoms with Crippen LogP contribution < -0.4 is 5.32 Å². The minimum absolute atomic E-state index is 0.101. The summed E-state index contributed by atoms with van der Waals surface area (Å²) in [5, 5.41) is 11.5. The van der Waals surface area contributed by atoms with Crippen LogP contribution in [0.2, 0.25) is 0 Å². The summed E-state index contributed by atoms with van der Waals surface area (Å²) in [6, 6.07) is 6.43. The number of hydrogen-bond acceptors (Lipinski definition) is 4. The molecule has 2 rings (SSSR count). The predicted molar refractivity (Wildman–Crippen MR) is 74.8 cm³/mol. The summed E-state index contributed by atoms with van der Waals surface area (Å²) in [6.07, 6.45) is 2.49. The summed E-state index contributed by atoms with van der Waals surface area (Å²) in [6.45, 7) is 5.12. The Balaban J connectivity index is 2.02. The van der Waals surface area contributed by atoms with Crippen molar-refractivity contribution in [2.75, 3.05) is 6.54 Å². The molecule has 1 N–H and O–H groups in total. The highest BCUT2D eigenvalue weighted by Gasteiger charge is 2.16. The van der Waals surface area contributed by atoms with Crippen LogP contribution in [0, 0.1) is 5.82 Å². The van der Waals surface area contributed by atoms with E-state index in [1.165, 1.54) is 12.1 Å². The van der Waals surface area contributed by atoms with Crippen LogP contribution in [0.4, 0.5) is 4.39 Å². The van der Waals surface area contributed by atoms with Gasteiger partial charge >= 0.3 is 0 Å². The predicted octanol–water partition coefficient (Wildman–Crippen LogP) is 3.25. The van der Waals surface area contributed by atoms with Gasteiger partial charge in [0.2, 0.25) is 11.8 Å². The molecule has 20 heavy (non-hydrogen) atoms. The largest absolute Gasteiger partial charge is 0.423 e. The van der Waals surface area contributed by atoms with Gasteiger partial charge in [-0.1, -0.05) is 26.0 Å². The summed E-state index contributed by atoms with van der Waals surface area (Å²) in [5.41, 5.74) is 0.955. The molecule has 5 heteroatoms. The van der Waals surface area contributed by atoms with Crippen LogP contribution in [-0.2, 0) is 6.42 Å². The first kappa shape index (κ1) is 14.7. The molecule has 0 radical (unpaired) electrons. The number of benzene rings is 1. The van der Waals surface area contributed by atoms with Crippen LogP contribution in [0.5, 0.6) is 0 Å². The van der Waals surface area contributed by atoms with E-state index in [2.05, 4.69) is 29.4 Å². The molecule has 108 valence electrons. The second-order valence-corrected chi connectivity index (χ2v) is 4.75. The Kier molecular flexibility index (Phi) is 5.24. The third-order valence-corrected chi connectivity index (χ3v) is 3.10. The van der Waals surface area contributed by atoms with E-state index in [4.69, 9.17) is 4.42 Å². The lowest BCUT2D eigenvalue weighted by Gasteiger charge is -2.11. The van der Waals surface area contributed by atoms with Crippen LogP contribution in [0.25, 0.3) is 0 Å². The molecule has 1 aromatic carbocycles. The molecule has 0 aliphatic carbocycles. The third-order valence-electron chi connectivity index (χ3n) is 3.10. The fraction of sp³-hybridized carbons (Fsp3) is 0.467. The number of nitrogens with one attached hydrogen (secondary N) is 1. The number of rotatable bonds is 7. The van der Waals surface area contributed by atoms with Gasteiger partial charge in [-0.2, -0.15) is 0 Å². The topological polar surface area (TPSA) is 51.0 Å². The fourth-order valence-electron chi connectivity index (χ4n) is 1.98. The smallest absolute Gasteiger partial charge is 0.233 e. The van der Waals surface area contributed by atoms with Gasteiger partial charge < -0.3 is 9.73 Å². The molecule has 1 atom stereocenters. The quantitative estimate of drug-likeness (QED) is 0.844. The average Bonchev–Trinajstić information content (AvgIpc) is 2.91. The molecule has 0 spiro atoms. The molecular weight excluding hydrogens is 257 g/mol. The Morgan fingerprint density at radius 1 is 1.20 bits per heavy atom. The van der Waals surface area contributed by atoms with Crippen LogP contribution in [0.3, 0.4) is 0 Å². The Morgan fingerprint density at radius 3 is 2.60 bits per heavy atom. The average molecular weight is 277 g/mol. The molecule has 0 aliphatic heterocycles. The van der Waals surface area contributed by atoms with Crippen LogP contribution >= 0.6 is 0 Å². The number of nitrogens with zero attached hydrogens (tertiary/aromatic N) is 2. The zero-order chi connectivity index (χ0) is 14.4. The van der Waals surface area contributed by atoms with E-state index in [1.807, 2.05) is 0 Å². The number of hydrogen-bond donors (Lipinski definition) is 1. The van der Waals surface area contributed by atoms with Crippen molar-refractivity contribution in [2.45, 2.75) is 39.2 Å². The number of aromatic nitrogens is 2. The van der Waals surface area contributed by atoms with Crippen molar-refractivity contribution in [1.82, 2.24) is 15.5 Å². The lowest BCUT2D eigenvalue weighted by molar-refractivity contribution is 0.376. The fourth-order valence-corrected chi connectivity index (χ4v) is 1.98.